The van der Waals surface area contributed by atoms with E-state index in [9.17, 15) is 10.2 Å². The second kappa shape index (κ2) is 5.18. The molecule has 0 radical (unpaired) electrons. The van der Waals surface area contributed by atoms with Crippen LogP contribution in [-0.4, -0.2) is 22.4 Å². The number of allylic oxidation sites excluding steroid dienone is 1. The quantitative estimate of drug-likeness (QED) is 0.737. The lowest BCUT2D eigenvalue weighted by atomic mass is 9.70. The van der Waals surface area contributed by atoms with Gasteiger partial charge in [0.05, 0.1) is 12.2 Å². The highest BCUT2D eigenvalue weighted by Gasteiger charge is 2.44. The number of hydrogen-bond acceptors (Lipinski definition) is 2. The van der Waals surface area contributed by atoms with Crippen molar-refractivity contribution in [1.82, 2.24) is 0 Å². The van der Waals surface area contributed by atoms with E-state index in [1.807, 2.05) is 0 Å². The number of rotatable bonds is 5. The average molecular weight is 252 g/mol. The van der Waals surface area contributed by atoms with Gasteiger partial charge in [-0.25, -0.2) is 0 Å². The summed E-state index contributed by atoms with van der Waals surface area (Å²) in [4.78, 5) is 0. The zero-order valence-corrected chi connectivity index (χ0v) is 12.5. The molecule has 0 amide bonds. The maximum atomic E-state index is 10.1. The molecular formula is C16H28O2. The van der Waals surface area contributed by atoms with E-state index in [2.05, 4.69) is 34.3 Å². The molecule has 0 heterocycles. The van der Waals surface area contributed by atoms with E-state index in [-0.39, 0.29) is 12.0 Å². The van der Waals surface area contributed by atoms with Crippen LogP contribution in [0.25, 0.3) is 0 Å². The van der Waals surface area contributed by atoms with Crippen LogP contribution in [0.4, 0.5) is 0 Å². The summed E-state index contributed by atoms with van der Waals surface area (Å²) in [6.07, 6.45) is 3.25. The molecule has 0 saturated heterocycles. The molecule has 2 nitrogen and oxygen atoms in total. The summed E-state index contributed by atoms with van der Waals surface area (Å²) in [5.74, 6) is 0.925. The highest BCUT2D eigenvalue weighted by atomic mass is 16.3. The summed E-state index contributed by atoms with van der Waals surface area (Å²) in [5, 5.41) is 19.6. The van der Waals surface area contributed by atoms with Crippen molar-refractivity contribution in [1.29, 1.82) is 0 Å². The van der Waals surface area contributed by atoms with E-state index < -0.39 is 5.60 Å². The van der Waals surface area contributed by atoms with Crippen LogP contribution in [0.5, 0.6) is 0 Å². The molecular weight excluding hydrogens is 224 g/mol. The first-order chi connectivity index (χ1) is 8.19. The minimum Gasteiger partial charge on any atom is -0.392 e. The zero-order chi connectivity index (χ0) is 14.1. The molecule has 104 valence electrons. The standard InChI is InChI=1S/C16H28O2/c1-7-15(5,18)8-9-16(6)12(3)11(2)14(10-17)13(16)4/h7,11-12,17-18H,1,8-10H2,2-6H3/t11-,12-,15?,16+/m1/s1. The lowest BCUT2D eigenvalue weighted by molar-refractivity contribution is 0.0780. The molecule has 1 aliphatic rings. The molecule has 0 fully saturated rings. The van der Waals surface area contributed by atoms with Crippen molar-refractivity contribution in [3.63, 3.8) is 0 Å². The van der Waals surface area contributed by atoms with Gasteiger partial charge in [-0.3, -0.25) is 0 Å². The Morgan fingerprint density at radius 3 is 2.39 bits per heavy atom. The molecule has 0 aromatic rings. The smallest absolute Gasteiger partial charge is 0.0797 e. The van der Waals surface area contributed by atoms with Gasteiger partial charge in [-0.2, -0.15) is 0 Å². The van der Waals surface area contributed by atoms with Gasteiger partial charge < -0.3 is 10.2 Å². The van der Waals surface area contributed by atoms with E-state index in [1.54, 1.807) is 13.0 Å². The fourth-order valence-corrected chi connectivity index (χ4v) is 3.20. The van der Waals surface area contributed by atoms with Crippen LogP contribution in [0.1, 0.15) is 47.5 Å². The van der Waals surface area contributed by atoms with Gasteiger partial charge in [-0.15, -0.1) is 6.58 Å². The predicted molar refractivity (Wildman–Crippen MR) is 76.3 cm³/mol. The topological polar surface area (TPSA) is 40.5 Å². The Labute approximate surface area is 111 Å². The molecule has 4 atom stereocenters. The van der Waals surface area contributed by atoms with Gasteiger partial charge in [0.2, 0.25) is 0 Å². The van der Waals surface area contributed by atoms with Gasteiger partial charge in [0, 0.05) is 0 Å². The summed E-state index contributed by atoms with van der Waals surface area (Å²) in [5.41, 5.74) is 1.77. The Hall–Kier alpha value is -0.600. The Bertz CT molecular complexity index is 354. The van der Waals surface area contributed by atoms with Gasteiger partial charge in [0.1, 0.15) is 0 Å². The molecule has 18 heavy (non-hydrogen) atoms. The van der Waals surface area contributed by atoms with E-state index in [4.69, 9.17) is 0 Å². The third kappa shape index (κ3) is 2.55. The fourth-order valence-electron chi connectivity index (χ4n) is 3.20. The molecule has 0 saturated carbocycles. The van der Waals surface area contributed by atoms with Crippen molar-refractivity contribution in [2.24, 2.45) is 17.3 Å². The van der Waals surface area contributed by atoms with Crippen LogP contribution in [0.2, 0.25) is 0 Å². The molecule has 2 heteroatoms. The molecule has 1 unspecified atom stereocenters. The van der Waals surface area contributed by atoms with E-state index in [1.165, 1.54) is 11.1 Å². The first-order valence-electron chi connectivity index (χ1n) is 6.86. The van der Waals surface area contributed by atoms with Crippen molar-refractivity contribution in [2.75, 3.05) is 6.61 Å². The SMILES string of the molecule is C=CC(C)(O)CC[C@]1(C)C(C)=C(CO)[C@H](C)[C@H]1C. The Balaban J connectivity index is 2.92. The molecule has 1 aliphatic carbocycles. The Morgan fingerprint density at radius 2 is 2.00 bits per heavy atom. The molecule has 0 aromatic heterocycles. The molecule has 0 aliphatic heterocycles. The predicted octanol–water partition coefficient (Wildman–Crippen LogP) is 3.30. The normalized spacial score (nSPS) is 35.7. The van der Waals surface area contributed by atoms with Crippen molar-refractivity contribution in [2.45, 2.75) is 53.1 Å². The van der Waals surface area contributed by atoms with Gasteiger partial charge in [0.25, 0.3) is 0 Å². The maximum absolute atomic E-state index is 10.1. The largest absolute Gasteiger partial charge is 0.392 e. The first-order valence-corrected chi connectivity index (χ1v) is 6.86. The summed E-state index contributed by atoms with van der Waals surface area (Å²) >= 11 is 0. The van der Waals surface area contributed by atoms with Gasteiger partial charge >= 0.3 is 0 Å². The second-order valence-corrected chi connectivity index (χ2v) is 6.36. The molecule has 0 spiro atoms. The van der Waals surface area contributed by atoms with Crippen molar-refractivity contribution in [3.05, 3.63) is 23.8 Å². The number of aliphatic hydroxyl groups is 2. The maximum Gasteiger partial charge on any atom is 0.0797 e. The lowest BCUT2D eigenvalue weighted by Gasteiger charge is -2.35. The Morgan fingerprint density at radius 1 is 1.44 bits per heavy atom. The van der Waals surface area contributed by atoms with Crippen LogP contribution in [0, 0.1) is 17.3 Å². The van der Waals surface area contributed by atoms with Crippen molar-refractivity contribution < 1.29 is 10.2 Å². The fraction of sp³-hybridized carbons (Fsp3) is 0.750. The third-order valence-electron chi connectivity index (χ3n) is 5.40. The highest BCUT2D eigenvalue weighted by molar-refractivity contribution is 5.30. The molecule has 2 N–H and O–H groups in total. The van der Waals surface area contributed by atoms with Crippen molar-refractivity contribution in [3.8, 4) is 0 Å². The van der Waals surface area contributed by atoms with Crippen LogP contribution in [0.15, 0.2) is 23.8 Å². The monoisotopic (exact) mass is 252 g/mol. The lowest BCUT2D eigenvalue weighted by Crippen LogP contribution is -2.30. The van der Waals surface area contributed by atoms with Crippen LogP contribution < -0.4 is 0 Å². The van der Waals surface area contributed by atoms with Crippen LogP contribution in [-0.2, 0) is 0 Å². The van der Waals surface area contributed by atoms with E-state index in [0.717, 1.165) is 6.42 Å². The Kier molecular flexibility index (Phi) is 4.45. The van der Waals surface area contributed by atoms with Gasteiger partial charge in [-0.1, -0.05) is 32.4 Å². The minimum atomic E-state index is -0.797. The third-order valence-corrected chi connectivity index (χ3v) is 5.40. The number of hydrogen-bond donors (Lipinski definition) is 2. The minimum absolute atomic E-state index is 0.0739. The summed E-state index contributed by atoms with van der Waals surface area (Å²) in [6, 6.07) is 0. The molecule has 0 aromatic carbocycles. The second-order valence-electron chi connectivity index (χ2n) is 6.36. The number of aliphatic hydroxyl groups excluding tert-OH is 1. The van der Waals surface area contributed by atoms with E-state index >= 15 is 0 Å². The van der Waals surface area contributed by atoms with Gasteiger partial charge in [-0.05, 0) is 49.5 Å². The van der Waals surface area contributed by atoms with Crippen LogP contribution >= 0.6 is 0 Å². The molecule has 0 bridgehead atoms. The average Bonchev–Trinajstić information content (AvgIpc) is 2.50. The van der Waals surface area contributed by atoms with E-state index in [0.29, 0.717) is 18.3 Å². The highest BCUT2D eigenvalue weighted by Crippen LogP contribution is 2.53. The van der Waals surface area contributed by atoms with Crippen molar-refractivity contribution >= 4 is 0 Å². The first kappa shape index (κ1) is 15.5. The molecule has 1 rings (SSSR count). The van der Waals surface area contributed by atoms with Gasteiger partial charge in [0.15, 0.2) is 0 Å². The summed E-state index contributed by atoms with van der Waals surface area (Å²) in [6.45, 7) is 14.5. The summed E-state index contributed by atoms with van der Waals surface area (Å²) in [7, 11) is 0. The summed E-state index contributed by atoms with van der Waals surface area (Å²) < 4.78 is 0. The zero-order valence-electron chi connectivity index (χ0n) is 12.5. The van der Waals surface area contributed by atoms with Crippen LogP contribution in [0.3, 0.4) is 0 Å².